The maximum absolute atomic E-state index is 12.9. The lowest BCUT2D eigenvalue weighted by Crippen LogP contribution is -2.46. The van der Waals surface area contributed by atoms with Crippen LogP contribution in [0.4, 0.5) is 4.79 Å². The number of carbonyl (C=O) groups excluding carboxylic acids is 2. The Morgan fingerprint density at radius 3 is 2.50 bits per heavy atom. The molecule has 32 heavy (non-hydrogen) atoms. The van der Waals surface area contributed by atoms with E-state index in [0.29, 0.717) is 30.0 Å². The number of hydrogen-bond acceptors (Lipinski definition) is 4. The van der Waals surface area contributed by atoms with E-state index in [1.807, 2.05) is 73.7 Å². The van der Waals surface area contributed by atoms with Crippen LogP contribution in [0.1, 0.15) is 36.9 Å². The summed E-state index contributed by atoms with van der Waals surface area (Å²) >= 11 is 0. The van der Waals surface area contributed by atoms with E-state index in [0.717, 1.165) is 28.3 Å². The van der Waals surface area contributed by atoms with Crippen LogP contribution in [0.3, 0.4) is 0 Å². The van der Waals surface area contributed by atoms with Crippen LogP contribution in [0.5, 0.6) is 5.75 Å². The second-order valence-corrected chi connectivity index (χ2v) is 7.64. The Balaban J connectivity index is 1.87. The molecule has 164 valence electrons. The Kier molecular flexibility index (Phi) is 6.40. The lowest BCUT2D eigenvalue weighted by atomic mass is 9.89. The van der Waals surface area contributed by atoms with Crippen LogP contribution in [-0.2, 0) is 16.1 Å². The maximum atomic E-state index is 12.9. The van der Waals surface area contributed by atoms with Gasteiger partial charge in [-0.05, 0) is 28.8 Å². The third kappa shape index (κ3) is 4.30. The number of amides is 2. The van der Waals surface area contributed by atoms with Crippen molar-refractivity contribution in [2.75, 3.05) is 7.11 Å². The van der Waals surface area contributed by atoms with Crippen molar-refractivity contribution in [3.05, 3.63) is 89.1 Å². The van der Waals surface area contributed by atoms with Gasteiger partial charge in [0, 0.05) is 11.3 Å². The normalized spacial score (nSPS) is 15.8. The van der Waals surface area contributed by atoms with Crippen molar-refractivity contribution in [1.82, 2.24) is 10.6 Å². The molecule has 0 radical (unpaired) electrons. The molecule has 0 saturated heterocycles. The summed E-state index contributed by atoms with van der Waals surface area (Å²) in [5.41, 5.74) is 2.74. The summed E-state index contributed by atoms with van der Waals surface area (Å²) in [5.74, 6) is 0.130. The van der Waals surface area contributed by atoms with Crippen LogP contribution >= 0.6 is 0 Å². The molecule has 1 unspecified atom stereocenters. The average Bonchev–Trinajstić information content (AvgIpc) is 2.82. The van der Waals surface area contributed by atoms with Crippen molar-refractivity contribution in [2.45, 2.75) is 32.4 Å². The molecular formula is C26H26N2O4. The Hall–Kier alpha value is -3.80. The second-order valence-electron chi connectivity index (χ2n) is 7.64. The zero-order valence-corrected chi connectivity index (χ0v) is 18.2. The predicted octanol–water partition coefficient (Wildman–Crippen LogP) is 5.00. The van der Waals surface area contributed by atoms with E-state index in [2.05, 4.69) is 10.6 Å². The monoisotopic (exact) mass is 430 g/mol. The summed E-state index contributed by atoms with van der Waals surface area (Å²) in [6, 6.07) is 20.5. The molecule has 2 N–H and O–H groups in total. The van der Waals surface area contributed by atoms with Crippen molar-refractivity contribution in [2.24, 2.45) is 0 Å². The van der Waals surface area contributed by atoms with Crippen molar-refractivity contribution in [3.8, 4) is 5.75 Å². The van der Waals surface area contributed by atoms with Crippen LogP contribution in [0.25, 0.3) is 10.8 Å². The molecular weight excluding hydrogens is 404 g/mol. The number of esters is 1. The third-order valence-corrected chi connectivity index (χ3v) is 5.52. The second kappa shape index (κ2) is 9.56. The SMILES string of the molecule is CCCC1=C(C(=O)OC)C(c2c(OCc3ccccc3)ccc3ccccc23)NC(=O)N1. The number of rotatable bonds is 7. The van der Waals surface area contributed by atoms with E-state index in [-0.39, 0.29) is 6.03 Å². The average molecular weight is 431 g/mol. The minimum absolute atomic E-state index is 0.354. The first kappa shape index (κ1) is 21.4. The lowest BCUT2D eigenvalue weighted by molar-refractivity contribution is -0.136. The Morgan fingerprint density at radius 2 is 1.75 bits per heavy atom. The van der Waals surface area contributed by atoms with Gasteiger partial charge < -0.3 is 20.1 Å². The van der Waals surface area contributed by atoms with Gasteiger partial charge in [0.2, 0.25) is 0 Å². The first-order chi connectivity index (χ1) is 15.6. The van der Waals surface area contributed by atoms with E-state index >= 15 is 0 Å². The lowest BCUT2D eigenvalue weighted by Gasteiger charge is -2.31. The maximum Gasteiger partial charge on any atom is 0.337 e. The number of nitrogens with one attached hydrogen (secondary N) is 2. The number of hydrogen-bond donors (Lipinski definition) is 2. The molecule has 3 aromatic rings. The molecule has 0 aromatic heterocycles. The van der Waals surface area contributed by atoms with E-state index < -0.39 is 12.0 Å². The number of ether oxygens (including phenoxy) is 2. The largest absolute Gasteiger partial charge is 0.489 e. The topological polar surface area (TPSA) is 76.7 Å². The highest BCUT2D eigenvalue weighted by molar-refractivity contribution is 5.98. The van der Waals surface area contributed by atoms with Crippen LogP contribution in [-0.4, -0.2) is 19.1 Å². The van der Waals surface area contributed by atoms with Gasteiger partial charge in [-0.25, -0.2) is 9.59 Å². The number of urea groups is 1. The summed E-state index contributed by atoms with van der Waals surface area (Å²) in [6.07, 6.45) is 1.33. The fourth-order valence-corrected chi connectivity index (χ4v) is 4.07. The van der Waals surface area contributed by atoms with E-state index in [4.69, 9.17) is 9.47 Å². The van der Waals surface area contributed by atoms with Gasteiger partial charge in [-0.3, -0.25) is 0 Å². The zero-order chi connectivity index (χ0) is 22.5. The predicted molar refractivity (Wildman–Crippen MR) is 123 cm³/mol. The van der Waals surface area contributed by atoms with Gasteiger partial charge in [0.1, 0.15) is 12.4 Å². The standard InChI is InChI=1S/C26H26N2O4/c1-3-9-20-23(25(29)31-2)24(28-26(30)27-20)22-19-13-8-7-12-18(19)14-15-21(22)32-16-17-10-5-4-6-11-17/h4-8,10-15,24H,3,9,16H2,1-2H3,(H2,27,28,30). The van der Waals surface area contributed by atoms with Crippen LogP contribution in [0, 0.1) is 0 Å². The van der Waals surface area contributed by atoms with Gasteiger partial charge in [0.25, 0.3) is 0 Å². The number of benzene rings is 3. The first-order valence-electron chi connectivity index (χ1n) is 10.7. The molecule has 0 bridgehead atoms. The summed E-state index contributed by atoms with van der Waals surface area (Å²) in [6.45, 7) is 2.36. The van der Waals surface area contributed by atoms with Crippen molar-refractivity contribution < 1.29 is 19.1 Å². The Morgan fingerprint density at radius 1 is 1.00 bits per heavy atom. The highest BCUT2D eigenvalue weighted by Crippen LogP contribution is 2.39. The van der Waals surface area contributed by atoms with E-state index in [9.17, 15) is 9.59 Å². The Labute approximate surface area is 187 Å². The van der Waals surface area contributed by atoms with Gasteiger partial charge >= 0.3 is 12.0 Å². The molecule has 6 nitrogen and oxygen atoms in total. The first-order valence-corrected chi connectivity index (χ1v) is 10.7. The molecule has 4 rings (SSSR count). The molecule has 1 heterocycles. The fourth-order valence-electron chi connectivity index (χ4n) is 4.07. The highest BCUT2D eigenvalue weighted by Gasteiger charge is 2.35. The summed E-state index contributed by atoms with van der Waals surface area (Å²) in [5, 5.41) is 7.62. The van der Waals surface area contributed by atoms with Gasteiger partial charge in [-0.15, -0.1) is 0 Å². The van der Waals surface area contributed by atoms with Crippen molar-refractivity contribution in [3.63, 3.8) is 0 Å². The molecule has 1 atom stereocenters. The van der Waals surface area contributed by atoms with Crippen molar-refractivity contribution >= 4 is 22.8 Å². The quantitative estimate of drug-likeness (QED) is 0.517. The highest BCUT2D eigenvalue weighted by atomic mass is 16.5. The number of allylic oxidation sites excluding steroid dienone is 1. The number of methoxy groups -OCH3 is 1. The molecule has 0 fully saturated rings. The zero-order valence-electron chi connectivity index (χ0n) is 18.2. The van der Waals surface area contributed by atoms with Gasteiger partial charge in [-0.2, -0.15) is 0 Å². The summed E-state index contributed by atoms with van der Waals surface area (Å²) in [7, 11) is 1.35. The summed E-state index contributed by atoms with van der Waals surface area (Å²) in [4.78, 5) is 25.4. The molecule has 1 aliphatic rings. The molecule has 0 saturated carbocycles. The fraction of sp³-hybridized carbons (Fsp3) is 0.231. The number of carbonyl (C=O) groups is 2. The third-order valence-electron chi connectivity index (χ3n) is 5.52. The van der Waals surface area contributed by atoms with Crippen LogP contribution in [0.15, 0.2) is 78.0 Å². The minimum atomic E-state index is -0.699. The minimum Gasteiger partial charge on any atom is -0.489 e. The smallest absolute Gasteiger partial charge is 0.337 e. The van der Waals surface area contributed by atoms with Gasteiger partial charge in [-0.1, -0.05) is 74.0 Å². The Bertz CT molecular complexity index is 1170. The van der Waals surface area contributed by atoms with Crippen LogP contribution in [0.2, 0.25) is 0 Å². The molecule has 2 amide bonds. The van der Waals surface area contributed by atoms with Gasteiger partial charge in [0.05, 0.1) is 18.7 Å². The molecule has 6 heteroatoms. The molecule has 3 aromatic carbocycles. The van der Waals surface area contributed by atoms with E-state index in [1.54, 1.807) is 0 Å². The molecule has 0 aliphatic carbocycles. The van der Waals surface area contributed by atoms with Crippen LogP contribution < -0.4 is 15.4 Å². The van der Waals surface area contributed by atoms with Crippen molar-refractivity contribution in [1.29, 1.82) is 0 Å². The molecule has 1 aliphatic heterocycles. The van der Waals surface area contributed by atoms with Gasteiger partial charge in [0.15, 0.2) is 0 Å². The van der Waals surface area contributed by atoms with E-state index in [1.165, 1.54) is 7.11 Å². The number of fused-ring (bicyclic) bond motifs is 1. The molecule has 0 spiro atoms. The summed E-state index contributed by atoms with van der Waals surface area (Å²) < 4.78 is 11.3.